The average molecular weight is 217 g/mol. The van der Waals surface area contributed by atoms with Crippen LogP contribution in [0.3, 0.4) is 0 Å². The van der Waals surface area contributed by atoms with Crippen LogP contribution in [0.5, 0.6) is 0 Å². The van der Waals surface area contributed by atoms with E-state index in [-0.39, 0.29) is 5.41 Å². The van der Waals surface area contributed by atoms with E-state index in [1.165, 1.54) is 11.3 Å². The Balaban J connectivity index is 2.12. The van der Waals surface area contributed by atoms with Crippen molar-refractivity contribution in [3.05, 3.63) is 29.1 Å². The monoisotopic (exact) mass is 217 g/mol. The molecule has 2 unspecified atom stereocenters. The molecule has 3 heteroatoms. The van der Waals surface area contributed by atoms with Crippen molar-refractivity contribution < 1.29 is 0 Å². The number of hydrogen-bond donors (Lipinski definition) is 2. The smallest absolute Gasteiger partial charge is 0.0583 e. The van der Waals surface area contributed by atoms with Gasteiger partial charge in [-0.2, -0.15) is 0 Å². The molecule has 1 aromatic heterocycles. The van der Waals surface area contributed by atoms with Crippen molar-refractivity contribution in [2.45, 2.75) is 25.8 Å². The van der Waals surface area contributed by atoms with Gasteiger partial charge in [-0.25, -0.2) is 0 Å². The number of hydrogen-bond acceptors (Lipinski definition) is 3. The Kier molecular flexibility index (Phi) is 2.26. The number of fused-ring (bicyclic) bond motifs is 2. The van der Waals surface area contributed by atoms with E-state index in [0.29, 0.717) is 5.92 Å². The number of pyridine rings is 1. The lowest BCUT2D eigenvalue weighted by Crippen LogP contribution is -2.48. The van der Waals surface area contributed by atoms with Crippen LogP contribution in [0.4, 0.5) is 0 Å². The summed E-state index contributed by atoms with van der Waals surface area (Å²) in [5.74, 6) is 0.684. The quantitative estimate of drug-likeness (QED) is 0.680. The van der Waals surface area contributed by atoms with Crippen LogP contribution < -0.4 is 10.6 Å². The fraction of sp³-hybridized carbons (Fsp3) is 0.615. The second-order valence-electron chi connectivity index (χ2n) is 5.24. The van der Waals surface area contributed by atoms with Crippen LogP contribution in [0, 0.1) is 12.8 Å². The van der Waals surface area contributed by atoms with Gasteiger partial charge in [-0.1, -0.05) is 13.0 Å². The maximum atomic E-state index is 4.68. The molecule has 0 radical (unpaired) electrons. The van der Waals surface area contributed by atoms with E-state index < -0.39 is 0 Å². The normalized spacial score (nSPS) is 33.0. The Hall–Kier alpha value is -0.930. The van der Waals surface area contributed by atoms with E-state index >= 15 is 0 Å². The third-order valence-electron chi connectivity index (χ3n) is 4.22. The lowest BCUT2D eigenvalue weighted by molar-refractivity contribution is 0.319. The Labute approximate surface area is 96.7 Å². The molecule has 2 aliphatic rings. The molecule has 0 saturated carbocycles. The highest BCUT2D eigenvalue weighted by atomic mass is 15.0. The number of aryl methyl sites for hydroxylation is 1. The first-order valence-electron chi connectivity index (χ1n) is 6.11. The Morgan fingerprint density at radius 2 is 2.12 bits per heavy atom. The molecule has 1 fully saturated rings. The van der Waals surface area contributed by atoms with E-state index in [0.717, 1.165) is 31.9 Å². The van der Waals surface area contributed by atoms with Gasteiger partial charge in [0.15, 0.2) is 0 Å². The molecule has 2 N–H and O–H groups in total. The van der Waals surface area contributed by atoms with Crippen molar-refractivity contribution in [3.63, 3.8) is 0 Å². The van der Waals surface area contributed by atoms with E-state index in [9.17, 15) is 0 Å². The zero-order chi connectivity index (χ0) is 11.2. The molecule has 16 heavy (non-hydrogen) atoms. The molecule has 0 amide bonds. The first-order valence-corrected chi connectivity index (χ1v) is 6.11. The van der Waals surface area contributed by atoms with Crippen molar-refractivity contribution in [1.82, 2.24) is 15.6 Å². The number of rotatable bonds is 0. The summed E-state index contributed by atoms with van der Waals surface area (Å²) in [5, 5.41) is 7.05. The topological polar surface area (TPSA) is 37.0 Å². The van der Waals surface area contributed by atoms with Gasteiger partial charge in [-0.15, -0.1) is 0 Å². The predicted octanol–water partition coefficient (Wildman–Crippen LogP) is 0.970. The van der Waals surface area contributed by atoms with Gasteiger partial charge in [0, 0.05) is 30.7 Å². The summed E-state index contributed by atoms with van der Waals surface area (Å²) in [6.07, 6.45) is 0. The lowest BCUT2D eigenvalue weighted by Gasteiger charge is -2.38. The summed E-state index contributed by atoms with van der Waals surface area (Å²) in [6.45, 7) is 8.62. The van der Waals surface area contributed by atoms with Gasteiger partial charge in [-0.05, 0) is 31.0 Å². The first kappa shape index (κ1) is 10.2. The molecule has 0 aromatic carbocycles. The Morgan fingerprint density at radius 1 is 1.31 bits per heavy atom. The highest BCUT2D eigenvalue weighted by molar-refractivity contribution is 5.36. The summed E-state index contributed by atoms with van der Waals surface area (Å²) >= 11 is 0. The molecule has 1 spiro atoms. The molecule has 1 aromatic rings. The van der Waals surface area contributed by atoms with Crippen LogP contribution in [0.1, 0.15) is 23.9 Å². The van der Waals surface area contributed by atoms with Gasteiger partial charge in [0.25, 0.3) is 0 Å². The maximum Gasteiger partial charge on any atom is 0.0583 e. The minimum atomic E-state index is 0.272. The molecule has 0 aliphatic carbocycles. The minimum Gasteiger partial charge on any atom is -0.315 e. The van der Waals surface area contributed by atoms with Crippen molar-refractivity contribution in [3.8, 4) is 0 Å². The molecule has 2 aliphatic heterocycles. The minimum absolute atomic E-state index is 0.272. The molecular weight excluding hydrogens is 198 g/mol. The summed E-state index contributed by atoms with van der Waals surface area (Å²) in [5.41, 5.74) is 4.11. The number of aromatic nitrogens is 1. The highest BCUT2D eigenvalue weighted by Crippen LogP contribution is 2.38. The second-order valence-corrected chi connectivity index (χ2v) is 5.24. The number of nitrogens with one attached hydrogen (secondary N) is 2. The van der Waals surface area contributed by atoms with Gasteiger partial charge in [-0.3, -0.25) is 4.98 Å². The largest absolute Gasteiger partial charge is 0.315 e. The first-order chi connectivity index (χ1) is 7.72. The second kappa shape index (κ2) is 3.54. The van der Waals surface area contributed by atoms with E-state index in [1.54, 1.807) is 0 Å². The van der Waals surface area contributed by atoms with Crippen LogP contribution in [0.2, 0.25) is 0 Å². The Morgan fingerprint density at radius 3 is 2.88 bits per heavy atom. The summed E-state index contributed by atoms with van der Waals surface area (Å²) in [4.78, 5) is 4.68. The van der Waals surface area contributed by atoms with Crippen molar-refractivity contribution in [1.29, 1.82) is 0 Å². The molecule has 1 saturated heterocycles. The molecule has 3 rings (SSSR count). The number of nitrogens with zero attached hydrogens (tertiary/aromatic N) is 1. The van der Waals surface area contributed by atoms with E-state index in [4.69, 9.17) is 0 Å². The molecule has 3 nitrogen and oxygen atoms in total. The van der Waals surface area contributed by atoms with Gasteiger partial charge < -0.3 is 10.6 Å². The lowest BCUT2D eigenvalue weighted by atomic mass is 9.71. The molecule has 2 atom stereocenters. The average Bonchev–Trinajstić information content (AvgIpc) is 2.61. The van der Waals surface area contributed by atoms with Gasteiger partial charge in [0.1, 0.15) is 0 Å². The SMILES string of the molecule is Cc1ccc2c(n1)CNCC21CNCC1C. The highest BCUT2D eigenvalue weighted by Gasteiger charge is 2.44. The fourth-order valence-electron chi connectivity index (χ4n) is 3.18. The molecular formula is C13H19N3. The summed E-state index contributed by atoms with van der Waals surface area (Å²) < 4.78 is 0. The Bertz CT molecular complexity index is 416. The standard InChI is InChI=1S/C13H19N3/c1-9-5-14-7-13(9)8-15-6-12-11(13)4-3-10(2)16-12/h3-4,9,14-15H,5-8H2,1-2H3. The van der Waals surface area contributed by atoms with Crippen LogP contribution >= 0.6 is 0 Å². The molecule has 86 valence electrons. The zero-order valence-electron chi connectivity index (χ0n) is 10.0. The van der Waals surface area contributed by atoms with Crippen LogP contribution in [0.25, 0.3) is 0 Å². The third kappa shape index (κ3) is 1.31. The van der Waals surface area contributed by atoms with E-state index in [2.05, 4.69) is 41.6 Å². The van der Waals surface area contributed by atoms with Gasteiger partial charge >= 0.3 is 0 Å². The van der Waals surface area contributed by atoms with Crippen LogP contribution in [0.15, 0.2) is 12.1 Å². The van der Waals surface area contributed by atoms with Gasteiger partial charge in [0.05, 0.1) is 5.69 Å². The maximum absolute atomic E-state index is 4.68. The summed E-state index contributed by atoms with van der Waals surface area (Å²) in [7, 11) is 0. The van der Waals surface area contributed by atoms with Crippen molar-refractivity contribution in [2.24, 2.45) is 5.92 Å². The van der Waals surface area contributed by atoms with E-state index in [1.807, 2.05) is 0 Å². The van der Waals surface area contributed by atoms with Crippen LogP contribution in [-0.4, -0.2) is 24.6 Å². The third-order valence-corrected chi connectivity index (χ3v) is 4.22. The predicted molar refractivity (Wildman–Crippen MR) is 64.4 cm³/mol. The zero-order valence-corrected chi connectivity index (χ0v) is 10.0. The van der Waals surface area contributed by atoms with Crippen LogP contribution in [-0.2, 0) is 12.0 Å². The van der Waals surface area contributed by atoms with Crippen molar-refractivity contribution >= 4 is 0 Å². The fourth-order valence-corrected chi connectivity index (χ4v) is 3.18. The van der Waals surface area contributed by atoms with Crippen molar-refractivity contribution in [2.75, 3.05) is 19.6 Å². The summed E-state index contributed by atoms with van der Waals surface area (Å²) in [6, 6.07) is 4.44. The molecule has 0 bridgehead atoms. The van der Waals surface area contributed by atoms with Gasteiger partial charge in [0.2, 0.25) is 0 Å². The molecule has 3 heterocycles.